The molecule has 0 saturated carbocycles. The maximum Gasteiger partial charge on any atom is 0.136 e. The monoisotopic (exact) mass is 240 g/mol. The van der Waals surface area contributed by atoms with Crippen LogP contribution in [0.25, 0.3) is 0 Å². The Morgan fingerprint density at radius 3 is 3.00 bits per heavy atom. The molecule has 4 heteroatoms. The summed E-state index contributed by atoms with van der Waals surface area (Å²) in [6.45, 7) is 4.72. The molecule has 0 radical (unpaired) electrons. The second kappa shape index (κ2) is 4.74. The molecule has 0 saturated heterocycles. The zero-order valence-corrected chi connectivity index (χ0v) is 10.4. The van der Waals surface area contributed by atoms with Crippen LogP contribution in [0.15, 0.2) is 36.5 Å². The first-order valence-electron chi connectivity index (χ1n) is 6.20. The highest BCUT2D eigenvalue weighted by atomic mass is 15.2. The third-order valence-corrected chi connectivity index (χ3v) is 3.15. The molecule has 18 heavy (non-hydrogen) atoms. The Kier molecular flexibility index (Phi) is 2.94. The molecule has 0 amide bonds. The van der Waals surface area contributed by atoms with E-state index in [2.05, 4.69) is 44.5 Å². The Hall–Kier alpha value is -1.94. The largest absolute Gasteiger partial charge is 0.325 e. The summed E-state index contributed by atoms with van der Waals surface area (Å²) in [5.41, 5.74) is 2.55. The fraction of sp³-hybridized carbons (Fsp3) is 0.286. The maximum atomic E-state index is 4.52. The Bertz CT molecular complexity index is 553. The van der Waals surface area contributed by atoms with Crippen LogP contribution in [-0.4, -0.2) is 23.1 Å². The molecule has 0 fully saturated rings. The highest BCUT2D eigenvalue weighted by Crippen LogP contribution is 2.28. The van der Waals surface area contributed by atoms with Crippen LogP contribution in [0.4, 0.5) is 11.5 Å². The van der Waals surface area contributed by atoms with Gasteiger partial charge in [-0.3, -0.25) is 0 Å². The average molecular weight is 240 g/mol. The molecule has 92 valence electrons. The van der Waals surface area contributed by atoms with Crippen molar-refractivity contribution in [1.82, 2.24) is 15.3 Å². The van der Waals surface area contributed by atoms with E-state index >= 15 is 0 Å². The van der Waals surface area contributed by atoms with Crippen molar-refractivity contribution in [2.75, 3.05) is 18.0 Å². The van der Waals surface area contributed by atoms with Crippen LogP contribution < -0.4 is 10.2 Å². The second-order valence-corrected chi connectivity index (χ2v) is 4.42. The number of hydrogen-bond donors (Lipinski definition) is 1. The Morgan fingerprint density at radius 1 is 1.22 bits per heavy atom. The predicted octanol–water partition coefficient (Wildman–Crippen LogP) is 2.03. The molecule has 3 rings (SSSR count). The van der Waals surface area contributed by atoms with Gasteiger partial charge < -0.3 is 10.2 Å². The molecule has 0 spiro atoms. The number of nitrogens with one attached hydrogen (secondary N) is 1. The summed E-state index contributed by atoms with van der Waals surface area (Å²) in [6, 6.07) is 10.4. The lowest BCUT2D eigenvalue weighted by atomic mass is 10.1. The molecule has 0 aliphatic carbocycles. The number of para-hydroxylation sites is 1. The molecule has 1 aliphatic heterocycles. The molecular formula is C14H16N4. The van der Waals surface area contributed by atoms with Crippen molar-refractivity contribution in [3.8, 4) is 0 Å². The summed E-state index contributed by atoms with van der Waals surface area (Å²) in [7, 11) is 0. The summed E-state index contributed by atoms with van der Waals surface area (Å²) in [5.74, 6) is 1.78. The first-order valence-corrected chi connectivity index (χ1v) is 6.20. The summed E-state index contributed by atoms with van der Waals surface area (Å²) in [4.78, 5) is 10.9. The SMILES string of the molecule is Cc1nccc(N2CCNCc3ccccc32)n1. The fourth-order valence-electron chi connectivity index (χ4n) is 2.29. The van der Waals surface area contributed by atoms with Gasteiger partial charge in [-0.2, -0.15) is 0 Å². The number of nitrogens with zero attached hydrogens (tertiary/aromatic N) is 3. The average Bonchev–Trinajstić information content (AvgIpc) is 2.61. The lowest BCUT2D eigenvalue weighted by Gasteiger charge is -2.23. The summed E-state index contributed by atoms with van der Waals surface area (Å²) in [6.07, 6.45) is 1.82. The van der Waals surface area contributed by atoms with Gasteiger partial charge in [-0.25, -0.2) is 9.97 Å². The van der Waals surface area contributed by atoms with Crippen molar-refractivity contribution < 1.29 is 0 Å². The van der Waals surface area contributed by atoms with Crippen molar-refractivity contribution in [1.29, 1.82) is 0 Å². The van der Waals surface area contributed by atoms with E-state index in [0.717, 1.165) is 31.3 Å². The zero-order valence-electron chi connectivity index (χ0n) is 10.4. The van der Waals surface area contributed by atoms with Gasteiger partial charge in [0.1, 0.15) is 11.6 Å². The van der Waals surface area contributed by atoms with E-state index in [1.54, 1.807) is 0 Å². The minimum Gasteiger partial charge on any atom is -0.325 e. The van der Waals surface area contributed by atoms with E-state index in [9.17, 15) is 0 Å². The topological polar surface area (TPSA) is 41.1 Å². The minimum absolute atomic E-state index is 0.808. The van der Waals surface area contributed by atoms with Crippen LogP contribution >= 0.6 is 0 Å². The number of anilines is 2. The Labute approximate surface area is 107 Å². The molecule has 1 aromatic heterocycles. The highest BCUT2D eigenvalue weighted by Gasteiger charge is 2.16. The molecule has 2 heterocycles. The van der Waals surface area contributed by atoms with Gasteiger partial charge in [0.15, 0.2) is 0 Å². The fourth-order valence-corrected chi connectivity index (χ4v) is 2.29. The van der Waals surface area contributed by atoms with Crippen LogP contribution in [0.5, 0.6) is 0 Å². The van der Waals surface area contributed by atoms with Crippen LogP contribution in [0.3, 0.4) is 0 Å². The quantitative estimate of drug-likeness (QED) is 0.828. The summed E-state index contributed by atoms with van der Waals surface area (Å²) in [5, 5.41) is 3.43. The standard InChI is InChI=1S/C14H16N4/c1-11-16-7-6-14(17-11)18-9-8-15-10-12-4-2-3-5-13(12)18/h2-7,15H,8-10H2,1H3. The van der Waals surface area contributed by atoms with Crippen LogP contribution in [0.1, 0.15) is 11.4 Å². The van der Waals surface area contributed by atoms with Gasteiger partial charge in [-0.1, -0.05) is 18.2 Å². The second-order valence-electron chi connectivity index (χ2n) is 4.42. The first kappa shape index (κ1) is 11.2. The minimum atomic E-state index is 0.808. The maximum absolute atomic E-state index is 4.52. The number of aryl methyl sites for hydroxylation is 1. The van der Waals surface area contributed by atoms with Gasteiger partial charge in [0.25, 0.3) is 0 Å². The normalized spacial score (nSPS) is 15.1. The molecule has 1 N–H and O–H groups in total. The Balaban J connectivity index is 2.06. The van der Waals surface area contributed by atoms with E-state index in [-0.39, 0.29) is 0 Å². The molecule has 1 aromatic carbocycles. The summed E-state index contributed by atoms with van der Waals surface area (Å²) < 4.78 is 0. The van der Waals surface area contributed by atoms with Gasteiger partial charge in [0.2, 0.25) is 0 Å². The van der Waals surface area contributed by atoms with Gasteiger partial charge in [-0.05, 0) is 24.6 Å². The lowest BCUT2D eigenvalue weighted by Crippen LogP contribution is -2.25. The number of rotatable bonds is 1. The van der Waals surface area contributed by atoms with Crippen molar-refractivity contribution in [3.63, 3.8) is 0 Å². The third kappa shape index (κ3) is 2.07. The molecule has 4 nitrogen and oxygen atoms in total. The van der Waals surface area contributed by atoms with E-state index in [4.69, 9.17) is 0 Å². The molecule has 0 bridgehead atoms. The number of aromatic nitrogens is 2. The van der Waals surface area contributed by atoms with Gasteiger partial charge in [-0.15, -0.1) is 0 Å². The van der Waals surface area contributed by atoms with E-state index in [0.29, 0.717) is 0 Å². The molecule has 2 aromatic rings. The summed E-state index contributed by atoms with van der Waals surface area (Å²) >= 11 is 0. The third-order valence-electron chi connectivity index (χ3n) is 3.15. The van der Waals surface area contributed by atoms with E-state index in [1.807, 2.05) is 19.2 Å². The number of fused-ring (bicyclic) bond motifs is 1. The van der Waals surface area contributed by atoms with Crippen molar-refractivity contribution in [2.45, 2.75) is 13.5 Å². The van der Waals surface area contributed by atoms with Crippen molar-refractivity contribution in [3.05, 3.63) is 47.9 Å². The number of hydrogen-bond acceptors (Lipinski definition) is 4. The highest BCUT2D eigenvalue weighted by molar-refractivity contribution is 5.64. The molecule has 0 atom stereocenters. The van der Waals surface area contributed by atoms with E-state index < -0.39 is 0 Å². The van der Waals surface area contributed by atoms with E-state index in [1.165, 1.54) is 11.3 Å². The van der Waals surface area contributed by atoms with Crippen LogP contribution in [0.2, 0.25) is 0 Å². The smallest absolute Gasteiger partial charge is 0.136 e. The first-order chi connectivity index (χ1) is 8.84. The molecular weight excluding hydrogens is 224 g/mol. The van der Waals surface area contributed by atoms with Crippen molar-refractivity contribution >= 4 is 11.5 Å². The van der Waals surface area contributed by atoms with Gasteiger partial charge >= 0.3 is 0 Å². The molecule has 0 unspecified atom stereocenters. The predicted molar refractivity (Wildman–Crippen MR) is 71.9 cm³/mol. The van der Waals surface area contributed by atoms with Crippen molar-refractivity contribution in [2.24, 2.45) is 0 Å². The number of benzene rings is 1. The van der Waals surface area contributed by atoms with Gasteiger partial charge in [0, 0.05) is 31.5 Å². The van der Waals surface area contributed by atoms with Gasteiger partial charge in [0.05, 0.1) is 0 Å². The van der Waals surface area contributed by atoms with Crippen LogP contribution in [0, 0.1) is 6.92 Å². The molecule has 1 aliphatic rings. The van der Waals surface area contributed by atoms with Crippen LogP contribution in [-0.2, 0) is 6.54 Å². The zero-order chi connectivity index (χ0) is 12.4. The Morgan fingerprint density at radius 2 is 2.11 bits per heavy atom. The lowest BCUT2D eigenvalue weighted by molar-refractivity contribution is 0.710.